The van der Waals surface area contributed by atoms with E-state index in [1.54, 1.807) is 0 Å². The van der Waals surface area contributed by atoms with Crippen LogP contribution in [0.25, 0.3) is 0 Å². The average Bonchev–Trinajstić information content (AvgIpc) is 1.86. The van der Waals surface area contributed by atoms with E-state index in [4.69, 9.17) is 4.79 Å². The molecule has 0 saturated carbocycles. The monoisotopic (exact) mass is 130 g/mol. The molecule has 0 radical (unpaired) electrons. The van der Waals surface area contributed by atoms with Crippen molar-refractivity contribution in [3.05, 3.63) is 0 Å². The second kappa shape index (κ2) is 15.6. The lowest BCUT2D eigenvalue weighted by molar-refractivity contribution is -0.106. The number of hydrogen-bond donors (Lipinski definition) is 0. The predicted octanol–water partition coefficient (Wildman–Crippen LogP) is 2.79. The molecule has 0 aliphatic carbocycles. The number of carbonyl (C=O) groups excluding carboxylic acids is 1. The molecule has 1 heteroatoms. The second-order valence-corrected chi connectivity index (χ2v) is 1.94. The Bertz CT molecular complexity index is 37.8. The predicted molar refractivity (Wildman–Crippen MR) is 41.6 cm³/mol. The normalized spacial score (nSPS) is 7.44. The SMILES string of the molecule is CC=O.CCCCCC. The first kappa shape index (κ1) is 11.5. The summed E-state index contributed by atoms with van der Waals surface area (Å²) in [7, 11) is 0. The molecule has 0 aromatic carbocycles. The van der Waals surface area contributed by atoms with Gasteiger partial charge in [-0.2, -0.15) is 0 Å². The lowest BCUT2D eigenvalue weighted by Gasteiger charge is -1.86. The van der Waals surface area contributed by atoms with Gasteiger partial charge in [0.15, 0.2) is 0 Å². The Balaban J connectivity index is 0. The standard InChI is InChI=1S/C6H14.C2H4O/c1-3-5-6-4-2;1-2-3/h3-6H2,1-2H3;2H,1H3. The lowest BCUT2D eigenvalue weighted by atomic mass is 10.2. The first-order valence-corrected chi connectivity index (χ1v) is 3.73. The van der Waals surface area contributed by atoms with Crippen LogP contribution < -0.4 is 0 Å². The fourth-order valence-corrected chi connectivity index (χ4v) is 0.500. The van der Waals surface area contributed by atoms with Crippen LogP contribution in [0.5, 0.6) is 0 Å². The first-order chi connectivity index (χ1) is 4.33. The molecule has 0 spiro atoms. The van der Waals surface area contributed by atoms with Crippen LogP contribution in [0.3, 0.4) is 0 Å². The second-order valence-electron chi connectivity index (χ2n) is 1.94. The van der Waals surface area contributed by atoms with E-state index in [2.05, 4.69) is 13.8 Å². The minimum absolute atomic E-state index is 0.750. The third-order valence-corrected chi connectivity index (χ3v) is 0.957. The van der Waals surface area contributed by atoms with Crippen LogP contribution in [-0.2, 0) is 4.79 Å². The van der Waals surface area contributed by atoms with Crippen molar-refractivity contribution in [1.29, 1.82) is 0 Å². The van der Waals surface area contributed by atoms with Gasteiger partial charge in [-0.15, -0.1) is 0 Å². The smallest absolute Gasteiger partial charge is 0.116 e. The highest BCUT2D eigenvalue weighted by molar-refractivity contribution is 5.44. The lowest BCUT2D eigenvalue weighted by Crippen LogP contribution is -1.66. The summed E-state index contributed by atoms with van der Waals surface area (Å²) in [5.41, 5.74) is 0. The highest BCUT2D eigenvalue weighted by Crippen LogP contribution is 1.95. The van der Waals surface area contributed by atoms with Gasteiger partial charge in [0, 0.05) is 0 Å². The van der Waals surface area contributed by atoms with Crippen LogP contribution >= 0.6 is 0 Å². The average molecular weight is 130 g/mol. The van der Waals surface area contributed by atoms with Gasteiger partial charge in [0.05, 0.1) is 0 Å². The Hall–Kier alpha value is -0.330. The van der Waals surface area contributed by atoms with Crippen molar-refractivity contribution in [1.82, 2.24) is 0 Å². The quantitative estimate of drug-likeness (QED) is 0.424. The van der Waals surface area contributed by atoms with Crippen molar-refractivity contribution in [2.75, 3.05) is 0 Å². The van der Waals surface area contributed by atoms with Crippen LogP contribution in [0, 0.1) is 0 Å². The molecule has 0 bridgehead atoms. The highest BCUT2D eigenvalue weighted by Gasteiger charge is 1.75. The van der Waals surface area contributed by atoms with E-state index in [-0.39, 0.29) is 0 Å². The maximum atomic E-state index is 8.81. The molecule has 0 aromatic rings. The van der Waals surface area contributed by atoms with Gasteiger partial charge in [-0.25, -0.2) is 0 Å². The highest BCUT2D eigenvalue weighted by atomic mass is 16.1. The van der Waals surface area contributed by atoms with E-state index in [1.165, 1.54) is 32.6 Å². The molecule has 56 valence electrons. The third-order valence-electron chi connectivity index (χ3n) is 0.957. The molecule has 0 heterocycles. The summed E-state index contributed by atoms with van der Waals surface area (Å²) in [6, 6.07) is 0. The molecule has 0 aromatic heterocycles. The fraction of sp³-hybridized carbons (Fsp3) is 0.875. The van der Waals surface area contributed by atoms with Gasteiger partial charge >= 0.3 is 0 Å². The molecule has 0 amide bonds. The largest absolute Gasteiger partial charge is 0.304 e. The summed E-state index contributed by atoms with van der Waals surface area (Å²) in [5.74, 6) is 0. The molecular weight excluding hydrogens is 112 g/mol. The van der Waals surface area contributed by atoms with E-state index >= 15 is 0 Å². The fourth-order valence-electron chi connectivity index (χ4n) is 0.500. The Labute approximate surface area is 58.5 Å². The number of rotatable bonds is 3. The zero-order valence-corrected chi connectivity index (χ0v) is 6.81. The molecule has 0 aliphatic rings. The summed E-state index contributed by atoms with van der Waals surface area (Å²) in [6.07, 6.45) is 6.29. The Morgan fingerprint density at radius 1 is 1.11 bits per heavy atom. The van der Waals surface area contributed by atoms with Crippen molar-refractivity contribution in [2.24, 2.45) is 0 Å². The van der Waals surface area contributed by atoms with E-state index in [9.17, 15) is 0 Å². The summed E-state index contributed by atoms with van der Waals surface area (Å²) in [4.78, 5) is 8.81. The molecule has 0 N–H and O–H groups in total. The zero-order chi connectivity index (χ0) is 7.54. The molecule has 0 aliphatic heterocycles. The van der Waals surface area contributed by atoms with Crippen LogP contribution in [0.4, 0.5) is 0 Å². The van der Waals surface area contributed by atoms with Gasteiger partial charge in [-0.05, 0) is 6.92 Å². The minimum Gasteiger partial charge on any atom is -0.304 e. The molecule has 0 atom stereocenters. The number of hydrogen-bond acceptors (Lipinski definition) is 1. The topological polar surface area (TPSA) is 17.1 Å². The summed E-state index contributed by atoms with van der Waals surface area (Å²) in [6.45, 7) is 5.91. The van der Waals surface area contributed by atoms with E-state index < -0.39 is 0 Å². The van der Waals surface area contributed by atoms with Gasteiger partial charge in [0.25, 0.3) is 0 Å². The molecule has 0 fully saturated rings. The molecule has 1 nitrogen and oxygen atoms in total. The van der Waals surface area contributed by atoms with Gasteiger partial charge in [-0.1, -0.05) is 39.5 Å². The van der Waals surface area contributed by atoms with Crippen molar-refractivity contribution in [2.45, 2.75) is 46.5 Å². The van der Waals surface area contributed by atoms with Crippen molar-refractivity contribution >= 4 is 6.29 Å². The van der Waals surface area contributed by atoms with Crippen molar-refractivity contribution in [3.63, 3.8) is 0 Å². The molecule has 0 saturated heterocycles. The van der Waals surface area contributed by atoms with Crippen molar-refractivity contribution in [3.8, 4) is 0 Å². The zero-order valence-electron chi connectivity index (χ0n) is 6.81. The number of aldehydes is 1. The summed E-state index contributed by atoms with van der Waals surface area (Å²) < 4.78 is 0. The van der Waals surface area contributed by atoms with Crippen LogP contribution in [-0.4, -0.2) is 6.29 Å². The number of unbranched alkanes of at least 4 members (excludes halogenated alkanes) is 3. The summed E-state index contributed by atoms with van der Waals surface area (Å²) >= 11 is 0. The Morgan fingerprint density at radius 3 is 1.44 bits per heavy atom. The van der Waals surface area contributed by atoms with Gasteiger partial charge in [-0.3, -0.25) is 0 Å². The van der Waals surface area contributed by atoms with E-state index in [0.29, 0.717) is 0 Å². The molecule has 9 heavy (non-hydrogen) atoms. The van der Waals surface area contributed by atoms with Crippen molar-refractivity contribution < 1.29 is 4.79 Å². The Kier molecular flexibility index (Phi) is 19.9. The minimum atomic E-state index is 0.750. The maximum absolute atomic E-state index is 8.81. The van der Waals surface area contributed by atoms with Gasteiger partial charge in [0.2, 0.25) is 0 Å². The van der Waals surface area contributed by atoms with Crippen LogP contribution in [0.1, 0.15) is 46.5 Å². The molecule has 0 unspecified atom stereocenters. The van der Waals surface area contributed by atoms with Crippen LogP contribution in [0.2, 0.25) is 0 Å². The Morgan fingerprint density at radius 2 is 1.33 bits per heavy atom. The summed E-state index contributed by atoms with van der Waals surface area (Å²) in [5, 5.41) is 0. The molecule has 0 rings (SSSR count). The first-order valence-electron chi connectivity index (χ1n) is 3.73. The van der Waals surface area contributed by atoms with Gasteiger partial charge in [0.1, 0.15) is 6.29 Å². The van der Waals surface area contributed by atoms with E-state index in [1.807, 2.05) is 0 Å². The maximum Gasteiger partial charge on any atom is 0.116 e. The van der Waals surface area contributed by atoms with Gasteiger partial charge < -0.3 is 4.79 Å². The van der Waals surface area contributed by atoms with E-state index in [0.717, 1.165) is 6.29 Å². The number of carbonyl (C=O) groups is 1. The van der Waals surface area contributed by atoms with Crippen LogP contribution in [0.15, 0.2) is 0 Å². The third kappa shape index (κ3) is 34.6. The molecular formula is C8H18O.